The molecule has 29 heavy (non-hydrogen) atoms. The normalized spacial score (nSPS) is 15.5. The molecule has 1 unspecified atom stereocenters. The molecule has 1 atom stereocenters. The molecule has 4 rings (SSSR count). The number of aryl methyl sites for hydroxylation is 2. The molecule has 1 aliphatic rings. The molecule has 4 heteroatoms. The first kappa shape index (κ1) is 19.6. The van der Waals surface area contributed by atoms with Gasteiger partial charge in [-0.3, -0.25) is 4.79 Å². The largest absolute Gasteiger partial charge is 0.490 e. The first-order chi connectivity index (χ1) is 14.1. The van der Waals surface area contributed by atoms with Crippen LogP contribution in [0.15, 0.2) is 52.9 Å². The lowest BCUT2D eigenvalue weighted by Crippen LogP contribution is -2.23. The van der Waals surface area contributed by atoms with Crippen molar-refractivity contribution in [2.24, 2.45) is 0 Å². The van der Waals surface area contributed by atoms with E-state index in [0.29, 0.717) is 6.10 Å². The van der Waals surface area contributed by atoms with Crippen molar-refractivity contribution in [1.82, 2.24) is 5.32 Å². The van der Waals surface area contributed by atoms with Crippen LogP contribution in [0.4, 0.5) is 0 Å². The molecule has 1 amide bonds. The standard InChI is InChI=1S/C25H29NO3/c1-17(26-18(2)27)24-16-21-12-9-20(15-25(21)29-24)8-7-19-10-13-23(14-11-19)28-22-5-3-4-6-22/h9-17,22H,3-8H2,1-2H3,(H,26,27). The minimum atomic E-state index is -0.131. The molecule has 4 nitrogen and oxygen atoms in total. The highest BCUT2D eigenvalue weighted by Crippen LogP contribution is 2.26. The minimum absolute atomic E-state index is 0.0571. The number of ether oxygens (including phenoxy) is 1. The van der Waals surface area contributed by atoms with E-state index in [2.05, 4.69) is 47.8 Å². The third-order valence-electron chi connectivity index (χ3n) is 5.68. The maximum absolute atomic E-state index is 11.3. The van der Waals surface area contributed by atoms with Crippen molar-refractivity contribution in [3.05, 3.63) is 65.4 Å². The highest BCUT2D eigenvalue weighted by molar-refractivity contribution is 5.79. The Morgan fingerprint density at radius 3 is 2.48 bits per heavy atom. The number of rotatable bonds is 7. The quantitative estimate of drug-likeness (QED) is 0.559. The molecule has 3 aromatic rings. The Kier molecular flexibility index (Phi) is 5.89. The van der Waals surface area contributed by atoms with Crippen LogP contribution in [0.3, 0.4) is 0 Å². The van der Waals surface area contributed by atoms with Gasteiger partial charge < -0.3 is 14.5 Å². The van der Waals surface area contributed by atoms with Gasteiger partial charge in [-0.25, -0.2) is 0 Å². The fourth-order valence-corrected chi connectivity index (χ4v) is 4.06. The number of carbonyl (C=O) groups excluding carboxylic acids is 1. The number of amides is 1. The molecule has 1 aliphatic carbocycles. The second-order valence-electron chi connectivity index (χ2n) is 8.11. The number of fused-ring (bicyclic) bond motifs is 1. The zero-order chi connectivity index (χ0) is 20.2. The number of nitrogens with one attached hydrogen (secondary N) is 1. The van der Waals surface area contributed by atoms with E-state index < -0.39 is 0 Å². The first-order valence-electron chi connectivity index (χ1n) is 10.6. The third-order valence-corrected chi connectivity index (χ3v) is 5.68. The summed E-state index contributed by atoms with van der Waals surface area (Å²) < 4.78 is 12.0. The fourth-order valence-electron chi connectivity index (χ4n) is 4.06. The molecule has 0 saturated heterocycles. The van der Waals surface area contributed by atoms with Crippen LogP contribution in [0.25, 0.3) is 11.0 Å². The predicted octanol–water partition coefficient (Wildman–Crippen LogP) is 5.74. The van der Waals surface area contributed by atoms with Crippen molar-refractivity contribution in [3.8, 4) is 5.75 Å². The molecule has 0 spiro atoms. The van der Waals surface area contributed by atoms with Gasteiger partial charge in [0.15, 0.2) is 0 Å². The first-order valence-corrected chi connectivity index (χ1v) is 10.6. The van der Waals surface area contributed by atoms with Gasteiger partial charge in [-0.1, -0.05) is 24.3 Å². The van der Waals surface area contributed by atoms with E-state index in [-0.39, 0.29) is 11.9 Å². The summed E-state index contributed by atoms with van der Waals surface area (Å²) in [6, 6.07) is 16.8. The van der Waals surface area contributed by atoms with Crippen LogP contribution in [0, 0.1) is 0 Å². The average Bonchev–Trinajstić information content (AvgIpc) is 3.36. The van der Waals surface area contributed by atoms with Gasteiger partial charge in [-0.15, -0.1) is 0 Å². The molecule has 0 radical (unpaired) electrons. The number of furan rings is 1. The van der Waals surface area contributed by atoms with Gasteiger partial charge in [0.05, 0.1) is 12.1 Å². The summed E-state index contributed by atoms with van der Waals surface area (Å²) in [6.45, 7) is 3.45. The Balaban J connectivity index is 1.37. The van der Waals surface area contributed by atoms with Gasteiger partial charge in [0.2, 0.25) is 5.91 Å². The SMILES string of the molecule is CC(=O)NC(C)c1cc2ccc(CCc3ccc(OC4CCCC4)cc3)cc2o1. The number of hydrogen-bond acceptors (Lipinski definition) is 3. The van der Waals surface area contributed by atoms with Gasteiger partial charge >= 0.3 is 0 Å². The smallest absolute Gasteiger partial charge is 0.217 e. The topological polar surface area (TPSA) is 51.5 Å². The van der Waals surface area contributed by atoms with Crippen molar-refractivity contribution >= 4 is 16.9 Å². The van der Waals surface area contributed by atoms with Gasteiger partial charge in [0, 0.05) is 12.3 Å². The molecule has 1 aromatic heterocycles. The van der Waals surface area contributed by atoms with E-state index in [9.17, 15) is 4.79 Å². The molecule has 1 heterocycles. The molecule has 1 N–H and O–H groups in total. The van der Waals surface area contributed by atoms with Crippen LogP contribution in [0.1, 0.15) is 62.5 Å². The van der Waals surface area contributed by atoms with Crippen LogP contribution in [-0.2, 0) is 17.6 Å². The van der Waals surface area contributed by atoms with Crippen LogP contribution < -0.4 is 10.1 Å². The fraction of sp³-hybridized carbons (Fsp3) is 0.400. The molecule has 1 saturated carbocycles. The maximum atomic E-state index is 11.3. The van der Waals surface area contributed by atoms with Crippen molar-refractivity contribution in [2.75, 3.05) is 0 Å². The van der Waals surface area contributed by atoms with Crippen molar-refractivity contribution < 1.29 is 13.9 Å². The average molecular weight is 392 g/mol. The van der Waals surface area contributed by atoms with Crippen LogP contribution >= 0.6 is 0 Å². The lowest BCUT2D eigenvalue weighted by Gasteiger charge is -2.13. The molecular formula is C25H29NO3. The van der Waals surface area contributed by atoms with Crippen molar-refractivity contribution in [2.45, 2.75) is 64.5 Å². The zero-order valence-electron chi connectivity index (χ0n) is 17.2. The van der Waals surface area contributed by atoms with E-state index in [1.54, 1.807) is 0 Å². The van der Waals surface area contributed by atoms with Gasteiger partial charge in [-0.05, 0) is 80.8 Å². The van der Waals surface area contributed by atoms with Crippen molar-refractivity contribution in [1.29, 1.82) is 0 Å². The molecule has 0 aliphatic heterocycles. The highest BCUT2D eigenvalue weighted by atomic mass is 16.5. The van der Waals surface area contributed by atoms with E-state index >= 15 is 0 Å². The lowest BCUT2D eigenvalue weighted by molar-refractivity contribution is -0.119. The van der Waals surface area contributed by atoms with Gasteiger partial charge in [0.25, 0.3) is 0 Å². The molecule has 0 bridgehead atoms. The molecule has 152 valence electrons. The third kappa shape index (κ3) is 5.00. The summed E-state index contributed by atoms with van der Waals surface area (Å²) in [5.41, 5.74) is 3.43. The molecule has 2 aromatic carbocycles. The van der Waals surface area contributed by atoms with Gasteiger partial charge in [-0.2, -0.15) is 0 Å². The molecular weight excluding hydrogens is 362 g/mol. The summed E-state index contributed by atoms with van der Waals surface area (Å²) in [6.07, 6.45) is 7.28. The summed E-state index contributed by atoms with van der Waals surface area (Å²) in [7, 11) is 0. The summed E-state index contributed by atoms with van der Waals surface area (Å²) >= 11 is 0. The highest BCUT2D eigenvalue weighted by Gasteiger charge is 2.16. The Morgan fingerprint density at radius 1 is 1.07 bits per heavy atom. The van der Waals surface area contributed by atoms with Crippen LogP contribution in [-0.4, -0.2) is 12.0 Å². The number of benzene rings is 2. The summed E-state index contributed by atoms with van der Waals surface area (Å²) in [5.74, 6) is 1.71. The van der Waals surface area contributed by atoms with Crippen molar-refractivity contribution in [3.63, 3.8) is 0 Å². The second kappa shape index (κ2) is 8.73. The lowest BCUT2D eigenvalue weighted by atomic mass is 10.0. The second-order valence-corrected chi connectivity index (χ2v) is 8.11. The Labute approximate surface area is 172 Å². The van der Waals surface area contributed by atoms with E-state index in [1.165, 1.54) is 43.7 Å². The Morgan fingerprint density at radius 2 is 1.76 bits per heavy atom. The van der Waals surface area contributed by atoms with Gasteiger partial charge in [0.1, 0.15) is 17.1 Å². The Bertz CT molecular complexity index is 967. The number of carbonyl (C=O) groups is 1. The van der Waals surface area contributed by atoms with Crippen LogP contribution in [0.2, 0.25) is 0 Å². The summed E-state index contributed by atoms with van der Waals surface area (Å²) in [4.78, 5) is 11.3. The van der Waals surface area contributed by atoms with E-state index in [4.69, 9.17) is 9.15 Å². The van der Waals surface area contributed by atoms with Crippen LogP contribution in [0.5, 0.6) is 5.75 Å². The molecule has 1 fully saturated rings. The predicted molar refractivity (Wildman–Crippen MR) is 115 cm³/mol. The van der Waals surface area contributed by atoms with E-state index in [1.807, 2.05) is 13.0 Å². The monoisotopic (exact) mass is 391 g/mol. The van der Waals surface area contributed by atoms with E-state index in [0.717, 1.165) is 35.3 Å². The number of hydrogen-bond donors (Lipinski definition) is 1. The summed E-state index contributed by atoms with van der Waals surface area (Å²) in [5, 5.41) is 3.93. The maximum Gasteiger partial charge on any atom is 0.217 e. The minimum Gasteiger partial charge on any atom is -0.490 e. The Hall–Kier alpha value is -2.75. The zero-order valence-corrected chi connectivity index (χ0v) is 17.2.